The number of rotatable bonds is 7. The first-order chi connectivity index (χ1) is 9.79. The molecule has 0 spiro atoms. The molecule has 1 N–H and O–H groups in total. The van der Waals surface area contributed by atoms with E-state index in [0.29, 0.717) is 6.04 Å². The molecule has 0 aromatic heterocycles. The zero-order valence-corrected chi connectivity index (χ0v) is 12.1. The van der Waals surface area contributed by atoms with E-state index in [4.69, 9.17) is 10.00 Å². The standard InChI is InChI=1S/C16H23N3O/c1-14(19-9-2-3-10-19)12-18-13-15-4-6-16(7-5-15)20-11-8-17/h4-7,14,18H,2-3,9-13H2,1H3. The second kappa shape index (κ2) is 7.88. The van der Waals surface area contributed by atoms with Gasteiger partial charge in [0.1, 0.15) is 11.8 Å². The molecule has 1 atom stereocenters. The molecule has 0 saturated carbocycles. The average molecular weight is 273 g/mol. The minimum absolute atomic E-state index is 0.102. The summed E-state index contributed by atoms with van der Waals surface area (Å²) in [6.45, 7) is 6.77. The highest BCUT2D eigenvalue weighted by atomic mass is 16.5. The maximum Gasteiger partial charge on any atom is 0.174 e. The fourth-order valence-corrected chi connectivity index (χ4v) is 2.56. The van der Waals surface area contributed by atoms with E-state index in [1.807, 2.05) is 30.3 Å². The van der Waals surface area contributed by atoms with Crippen molar-refractivity contribution in [1.29, 1.82) is 5.26 Å². The number of ether oxygens (including phenoxy) is 1. The zero-order chi connectivity index (χ0) is 14.2. The van der Waals surface area contributed by atoms with Crippen LogP contribution in [0.5, 0.6) is 5.75 Å². The van der Waals surface area contributed by atoms with Crippen molar-refractivity contribution in [3.05, 3.63) is 29.8 Å². The summed E-state index contributed by atoms with van der Waals surface area (Å²) in [6, 6.07) is 10.5. The summed E-state index contributed by atoms with van der Waals surface area (Å²) in [5.74, 6) is 0.751. The molecule has 1 aliphatic heterocycles. The van der Waals surface area contributed by atoms with Crippen LogP contribution < -0.4 is 10.1 Å². The lowest BCUT2D eigenvalue weighted by Crippen LogP contribution is -2.38. The lowest BCUT2D eigenvalue weighted by molar-refractivity contribution is 0.251. The third kappa shape index (κ3) is 4.52. The van der Waals surface area contributed by atoms with Gasteiger partial charge in [-0.15, -0.1) is 0 Å². The molecular formula is C16H23N3O. The second-order valence-electron chi connectivity index (χ2n) is 5.31. The highest BCUT2D eigenvalue weighted by Crippen LogP contribution is 2.13. The molecule has 0 bridgehead atoms. The van der Waals surface area contributed by atoms with Crippen molar-refractivity contribution in [3.63, 3.8) is 0 Å². The molecule has 1 aliphatic rings. The lowest BCUT2D eigenvalue weighted by atomic mass is 10.2. The van der Waals surface area contributed by atoms with Crippen molar-refractivity contribution in [1.82, 2.24) is 10.2 Å². The SMILES string of the molecule is CC(CNCc1ccc(OCC#N)cc1)N1CCCC1. The van der Waals surface area contributed by atoms with Gasteiger partial charge in [0.15, 0.2) is 6.61 Å². The van der Waals surface area contributed by atoms with Crippen molar-refractivity contribution in [2.45, 2.75) is 32.4 Å². The number of hydrogen-bond acceptors (Lipinski definition) is 4. The quantitative estimate of drug-likeness (QED) is 0.827. The maximum absolute atomic E-state index is 8.45. The largest absolute Gasteiger partial charge is 0.479 e. The number of nitrogens with one attached hydrogen (secondary N) is 1. The molecule has 1 unspecified atom stereocenters. The van der Waals surface area contributed by atoms with Gasteiger partial charge in [0.05, 0.1) is 0 Å². The van der Waals surface area contributed by atoms with Crippen molar-refractivity contribution in [3.8, 4) is 11.8 Å². The summed E-state index contributed by atoms with van der Waals surface area (Å²) in [5.41, 5.74) is 1.24. The summed E-state index contributed by atoms with van der Waals surface area (Å²) >= 11 is 0. The van der Waals surface area contributed by atoms with E-state index in [1.165, 1.54) is 31.5 Å². The number of nitrogens with zero attached hydrogens (tertiary/aromatic N) is 2. The molecule has 2 rings (SSSR count). The fraction of sp³-hybridized carbons (Fsp3) is 0.562. The lowest BCUT2D eigenvalue weighted by Gasteiger charge is -2.24. The monoisotopic (exact) mass is 273 g/mol. The number of nitriles is 1. The minimum atomic E-state index is 0.102. The molecule has 1 saturated heterocycles. The van der Waals surface area contributed by atoms with E-state index in [0.717, 1.165) is 18.8 Å². The molecule has 4 heteroatoms. The van der Waals surface area contributed by atoms with Crippen molar-refractivity contribution in [2.24, 2.45) is 0 Å². The van der Waals surface area contributed by atoms with Crippen molar-refractivity contribution in [2.75, 3.05) is 26.2 Å². The van der Waals surface area contributed by atoms with Gasteiger partial charge < -0.3 is 10.1 Å². The van der Waals surface area contributed by atoms with Gasteiger partial charge in [-0.2, -0.15) is 5.26 Å². The molecule has 0 radical (unpaired) electrons. The number of hydrogen-bond donors (Lipinski definition) is 1. The van der Waals surface area contributed by atoms with Crippen LogP contribution in [-0.4, -0.2) is 37.2 Å². The Hall–Kier alpha value is -1.57. The Morgan fingerprint density at radius 3 is 2.65 bits per heavy atom. The third-order valence-corrected chi connectivity index (χ3v) is 3.76. The highest BCUT2D eigenvalue weighted by Gasteiger charge is 2.17. The predicted octanol–water partition coefficient (Wildman–Crippen LogP) is 2.16. The summed E-state index contributed by atoms with van der Waals surface area (Å²) in [5, 5.41) is 12.0. The summed E-state index contributed by atoms with van der Waals surface area (Å²) in [6.07, 6.45) is 2.68. The summed E-state index contributed by atoms with van der Waals surface area (Å²) < 4.78 is 5.23. The molecule has 0 aliphatic carbocycles. The Labute approximate surface area is 121 Å². The van der Waals surface area contributed by atoms with Crippen LogP contribution in [-0.2, 0) is 6.54 Å². The fourth-order valence-electron chi connectivity index (χ4n) is 2.56. The van der Waals surface area contributed by atoms with Gasteiger partial charge in [-0.25, -0.2) is 0 Å². The van der Waals surface area contributed by atoms with E-state index >= 15 is 0 Å². The number of benzene rings is 1. The van der Waals surface area contributed by atoms with Crippen LogP contribution in [0.4, 0.5) is 0 Å². The second-order valence-corrected chi connectivity index (χ2v) is 5.31. The molecule has 0 amide bonds. The van der Waals surface area contributed by atoms with E-state index in [-0.39, 0.29) is 6.61 Å². The molecule has 1 fully saturated rings. The van der Waals surface area contributed by atoms with Crippen LogP contribution in [0.2, 0.25) is 0 Å². The maximum atomic E-state index is 8.45. The molecule has 20 heavy (non-hydrogen) atoms. The zero-order valence-electron chi connectivity index (χ0n) is 12.1. The third-order valence-electron chi connectivity index (χ3n) is 3.76. The van der Waals surface area contributed by atoms with Gasteiger partial charge in [-0.1, -0.05) is 12.1 Å². The van der Waals surface area contributed by atoms with Crippen LogP contribution in [0, 0.1) is 11.3 Å². The Kier molecular flexibility index (Phi) is 5.85. The Balaban J connectivity index is 1.69. The summed E-state index contributed by atoms with van der Waals surface area (Å²) in [4.78, 5) is 2.55. The topological polar surface area (TPSA) is 48.3 Å². The van der Waals surface area contributed by atoms with E-state index in [9.17, 15) is 0 Å². The molecular weight excluding hydrogens is 250 g/mol. The first-order valence-electron chi connectivity index (χ1n) is 7.33. The van der Waals surface area contributed by atoms with Crippen molar-refractivity contribution >= 4 is 0 Å². The van der Waals surface area contributed by atoms with Crippen LogP contribution >= 0.6 is 0 Å². The molecule has 1 aromatic carbocycles. The van der Waals surface area contributed by atoms with Crippen LogP contribution in [0.15, 0.2) is 24.3 Å². The number of likely N-dealkylation sites (tertiary alicyclic amines) is 1. The molecule has 4 nitrogen and oxygen atoms in total. The Bertz CT molecular complexity index is 432. The van der Waals surface area contributed by atoms with Gasteiger partial charge in [0, 0.05) is 19.1 Å². The van der Waals surface area contributed by atoms with Gasteiger partial charge >= 0.3 is 0 Å². The van der Waals surface area contributed by atoms with E-state index in [2.05, 4.69) is 17.1 Å². The first kappa shape index (κ1) is 14.8. The predicted molar refractivity (Wildman–Crippen MR) is 79.5 cm³/mol. The van der Waals surface area contributed by atoms with Crippen LogP contribution in [0.1, 0.15) is 25.3 Å². The van der Waals surface area contributed by atoms with Gasteiger partial charge in [0.25, 0.3) is 0 Å². The van der Waals surface area contributed by atoms with Gasteiger partial charge in [-0.05, 0) is 50.6 Å². The average Bonchev–Trinajstić information content (AvgIpc) is 3.00. The van der Waals surface area contributed by atoms with Gasteiger partial charge in [-0.3, -0.25) is 4.90 Å². The smallest absolute Gasteiger partial charge is 0.174 e. The Morgan fingerprint density at radius 2 is 2.00 bits per heavy atom. The Morgan fingerprint density at radius 1 is 1.30 bits per heavy atom. The van der Waals surface area contributed by atoms with Crippen LogP contribution in [0.3, 0.4) is 0 Å². The minimum Gasteiger partial charge on any atom is -0.479 e. The molecule has 1 heterocycles. The van der Waals surface area contributed by atoms with E-state index < -0.39 is 0 Å². The molecule has 108 valence electrons. The highest BCUT2D eigenvalue weighted by molar-refractivity contribution is 5.27. The first-order valence-corrected chi connectivity index (χ1v) is 7.33. The van der Waals surface area contributed by atoms with Crippen LogP contribution in [0.25, 0.3) is 0 Å². The van der Waals surface area contributed by atoms with Gasteiger partial charge in [0.2, 0.25) is 0 Å². The summed E-state index contributed by atoms with van der Waals surface area (Å²) in [7, 11) is 0. The molecule has 1 aromatic rings. The normalized spacial score (nSPS) is 16.8. The van der Waals surface area contributed by atoms with Crippen molar-refractivity contribution < 1.29 is 4.74 Å². The van der Waals surface area contributed by atoms with E-state index in [1.54, 1.807) is 0 Å².